The van der Waals surface area contributed by atoms with E-state index in [0.717, 1.165) is 0 Å². The van der Waals surface area contributed by atoms with Crippen LogP contribution < -0.4 is 4.74 Å². The van der Waals surface area contributed by atoms with E-state index in [2.05, 4.69) is 6.58 Å². The zero-order valence-electron chi connectivity index (χ0n) is 15.3. The molecule has 27 heavy (non-hydrogen) atoms. The van der Waals surface area contributed by atoms with Gasteiger partial charge in [0.2, 0.25) is 6.54 Å². The Morgan fingerprint density at radius 1 is 1.19 bits per heavy atom. The van der Waals surface area contributed by atoms with Crippen LogP contribution >= 0.6 is 0 Å². The van der Waals surface area contributed by atoms with Gasteiger partial charge in [0.25, 0.3) is 0 Å². The predicted molar refractivity (Wildman–Crippen MR) is 93.7 cm³/mol. The highest BCUT2D eigenvalue weighted by Crippen LogP contribution is 2.22. The number of benzene rings is 1. The van der Waals surface area contributed by atoms with Gasteiger partial charge in [-0.2, -0.15) is 0 Å². The zero-order chi connectivity index (χ0) is 20.6. The topological polar surface area (TPSA) is 122 Å². The van der Waals surface area contributed by atoms with E-state index in [9.17, 15) is 24.5 Å². The van der Waals surface area contributed by atoms with Gasteiger partial charge in [0.1, 0.15) is 11.7 Å². The molecule has 0 spiro atoms. The van der Waals surface area contributed by atoms with Crippen LogP contribution in [0.2, 0.25) is 0 Å². The van der Waals surface area contributed by atoms with E-state index in [1.54, 1.807) is 6.92 Å². The highest BCUT2D eigenvalue weighted by molar-refractivity contribution is 5.89. The Bertz CT molecular complexity index is 725. The minimum atomic E-state index is -1.14. The molecule has 0 aromatic heterocycles. The second-order valence-electron chi connectivity index (χ2n) is 5.64. The molecule has 0 fully saturated rings. The van der Waals surface area contributed by atoms with Gasteiger partial charge in [0, 0.05) is 10.5 Å². The highest BCUT2D eigenvalue weighted by atomic mass is 16.6. The second-order valence-corrected chi connectivity index (χ2v) is 5.64. The van der Waals surface area contributed by atoms with Crippen LogP contribution in [0, 0.1) is 10.1 Å². The van der Waals surface area contributed by atoms with Gasteiger partial charge in [-0.3, -0.25) is 14.9 Å². The molecule has 2 unspecified atom stereocenters. The largest absolute Gasteiger partial charge is 0.465 e. The molecular formula is C18H21NO8. The molecule has 0 saturated carbocycles. The summed E-state index contributed by atoms with van der Waals surface area (Å²) in [7, 11) is 0. The van der Waals surface area contributed by atoms with Crippen LogP contribution in [0.5, 0.6) is 5.75 Å². The average Bonchev–Trinajstić information content (AvgIpc) is 2.60. The Balaban J connectivity index is 2.82. The van der Waals surface area contributed by atoms with Gasteiger partial charge in [-0.25, -0.2) is 9.59 Å². The van der Waals surface area contributed by atoms with Gasteiger partial charge >= 0.3 is 17.9 Å². The molecule has 9 heteroatoms. The molecular weight excluding hydrogens is 358 g/mol. The lowest BCUT2D eigenvalue weighted by molar-refractivity contribution is -0.481. The third-order valence-corrected chi connectivity index (χ3v) is 3.37. The predicted octanol–water partition coefficient (Wildman–Crippen LogP) is 2.02. The van der Waals surface area contributed by atoms with Crippen LogP contribution in [-0.4, -0.2) is 42.1 Å². The van der Waals surface area contributed by atoms with Crippen molar-refractivity contribution in [3.8, 4) is 5.75 Å². The maximum absolute atomic E-state index is 11.9. The molecule has 1 rings (SSSR count). The maximum Gasteiger partial charge on any atom is 0.352 e. The van der Waals surface area contributed by atoms with Crippen molar-refractivity contribution < 1.29 is 33.5 Å². The molecule has 0 aliphatic carbocycles. The Hall–Kier alpha value is -3.23. The molecule has 0 aliphatic rings. The zero-order valence-corrected chi connectivity index (χ0v) is 15.3. The van der Waals surface area contributed by atoms with E-state index in [1.807, 2.05) is 0 Å². The van der Waals surface area contributed by atoms with Crippen LogP contribution in [0.1, 0.15) is 32.3 Å². The summed E-state index contributed by atoms with van der Waals surface area (Å²) in [5, 5.41) is 10.8. The van der Waals surface area contributed by atoms with Crippen molar-refractivity contribution in [2.24, 2.45) is 0 Å². The van der Waals surface area contributed by atoms with E-state index in [4.69, 9.17) is 14.2 Å². The minimum absolute atomic E-state index is 0.101. The first-order chi connectivity index (χ1) is 12.6. The van der Waals surface area contributed by atoms with Gasteiger partial charge in [0.15, 0.2) is 6.10 Å². The van der Waals surface area contributed by atoms with Crippen molar-refractivity contribution >= 4 is 17.9 Å². The molecule has 2 atom stereocenters. The third-order valence-electron chi connectivity index (χ3n) is 3.37. The molecule has 0 radical (unpaired) electrons. The summed E-state index contributed by atoms with van der Waals surface area (Å²) in [6.45, 7) is 7.30. The minimum Gasteiger partial charge on any atom is -0.465 e. The second kappa shape index (κ2) is 10.0. The Morgan fingerprint density at radius 3 is 2.26 bits per heavy atom. The van der Waals surface area contributed by atoms with Crippen LogP contribution in [0.4, 0.5) is 0 Å². The lowest BCUT2D eigenvalue weighted by atomic mass is 9.99. The lowest BCUT2D eigenvalue weighted by Crippen LogP contribution is -2.28. The SMILES string of the molecule is C=C(C)C(=O)OC(C)C(=O)Oc1ccc(C(C[N+](=O)[O-])C(=O)OCC)cc1. The van der Waals surface area contributed by atoms with Crippen molar-refractivity contribution in [3.05, 3.63) is 52.1 Å². The summed E-state index contributed by atoms with van der Waals surface area (Å²) < 4.78 is 14.8. The van der Waals surface area contributed by atoms with Gasteiger partial charge in [-0.05, 0) is 38.5 Å². The average molecular weight is 379 g/mol. The Kier molecular flexibility index (Phi) is 8.12. The summed E-state index contributed by atoms with van der Waals surface area (Å²) in [5.41, 5.74) is 0.501. The number of nitrogens with zero attached hydrogens (tertiary/aromatic N) is 1. The standard InChI is InChI=1S/C18H21NO8/c1-5-25-18(22)15(10-19(23)24)13-6-8-14(9-7-13)27-17(21)12(4)26-16(20)11(2)3/h6-9,12,15H,2,5,10H2,1,3-4H3. The fraction of sp³-hybridized carbons (Fsp3) is 0.389. The fourth-order valence-electron chi connectivity index (χ4n) is 1.98. The highest BCUT2D eigenvalue weighted by Gasteiger charge is 2.28. The molecule has 0 bridgehead atoms. The quantitative estimate of drug-likeness (QED) is 0.210. The first-order valence-electron chi connectivity index (χ1n) is 8.12. The van der Waals surface area contributed by atoms with Crippen LogP contribution in [0.25, 0.3) is 0 Å². The number of rotatable bonds is 9. The summed E-state index contributed by atoms with van der Waals surface area (Å²) in [6, 6.07) is 5.62. The third kappa shape index (κ3) is 6.89. The van der Waals surface area contributed by atoms with Gasteiger partial charge in [0.05, 0.1) is 6.61 Å². The molecule has 0 N–H and O–H groups in total. The Morgan fingerprint density at radius 2 is 1.78 bits per heavy atom. The number of carbonyl (C=O) groups is 3. The number of hydrogen-bond donors (Lipinski definition) is 0. The van der Waals surface area contributed by atoms with Crippen molar-refractivity contribution in [3.63, 3.8) is 0 Å². The van der Waals surface area contributed by atoms with Crippen LogP contribution in [-0.2, 0) is 23.9 Å². The molecule has 0 heterocycles. The molecule has 9 nitrogen and oxygen atoms in total. The number of esters is 3. The molecule has 1 aromatic rings. The number of hydrogen-bond acceptors (Lipinski definition) is 8. The number of nitro groups is 1. The molecule has 0 saturated heterocycles. The first kappa shape index (κ1) is 21.8. The smallest absolute Gasteiger partial charge is 0.352 e. The Labute approximate surface area is 156 Å². The number of carbonyl (C=O) groups excluding carboxylic acids is 3. The molecule has 0 amide bonds. The summed E-state index contributed by atoms with van der Waals surface area (Å²) in [4.78, 5) is 45.5. The van der Waals surface area contributed by atoms with E-state index < -0.39 is 41.4 Å². The molecule has 1 aromatic carbocycles. The van der Waals surface area contributed by atoms with Gasteiger partial charge < -0.3 is 14.2 Å². The van der Waals surface area contributed by atoms with Gasteiger partial charge in [-0.15, -0.1) is 0 Å². The lowest BCUT2D eigenvalue weighted by Gasteiger charge is -2.14. The normalized spacial score (nSPS) is 12.4. The van der Waals surface area contributed by atoms with Crippen LogP contribution in [0.3, 0.4) is 0 Å². The monoisotopic (exact) mass is 379 g/mol. The molecule has 146 valence electrons. The number of ether oxygens (including phenoxy) is 3. The summed E-state index contributed by atoms with van der Waals surface area (Å²) >= 11 is 0. The van der Waals surface area contributed by atoms with E-state index in [1.165, 1.54) is 38.1 Å². The van der Waals surface area contributed by atoms with Crippen molar-refractivity contribution in [2.45, 2.75) is 32.8 Å². The first-order valence-corrected chi connectivity index (χ1v) is 8.12. The van der Waals surface area contributed by atoms with E-state index in [0.29, 0.717) is 5.56 Å². The van der Waals surface area contributed by atoms with Crippen molar-refractivity contribution in [1.29, 1.82) is 0 Å². The van der Waals surface area contributed by atoms with Gasteiger partial charge in [-0.1, -0.05) is 18.7 Å². The van der Waals surface area contributed by atoms with Crippen molar-refractivity contribution in [1.82, 2.24) is 0 Å². The van der Waals surface area contributed by atoms with E-state index >= 15 is 0 Å². The molecule has 0 aliphatic heterocycles. The van der Waals surface area contributed by atoms with E-state index in [-0.39, 0.29) is 17.9 Å². The maximum atomic E-state index is 11.9. The fourth-order valence-corrected chi connectivity index (χ4v) is 1.98. The summed E-state index contributed by atoms with van der Waals surface area (Å²) in [5.74, 6) is -3.17. The summed E-state index contributed by atoms with van der Waals surface area (Å²) in [6.07, 6.45) is -1.14. The van der Waals surface area contributed by atoms with Crippen LogP contribution in [0.15, 0.2) is 36.4 Å². The van der Waals surface area contributed by atoms with Crippen molar-refractivity contribution in [2.75, 3.05) is 13.2 Å².